The summed E-state index contributed by atoms with van der Waals surface area (Å²) in [5.74, 6) is 0. The highest BCUT2D eigenvalue weighted by atomic mass is 32.1. The van der Waals surface area contributed by atoms with Gasteiger partial charge in [-0.15, -0.1) is 12.6 Å². The van der Waals surface area contributed by atoms with Crippen LogP contribution in [0.15, 0.2) is 0 Å². The van der Waals surface area contributed by atoms with Crippen LogP contribution in [0.2, 0.25) is 0 Å². The van der Waals surface area contributed by atoms with E-state index in [2.05, 4.69) is 19.6 Å². The zero-order valence-corrected chi connectivity index (χ0v) is 20.9. The van der Waals surface area contributed by atoms with Crippen molar-refractivity contribution in [1.82, 2.24) is 0 Å². The number of hydrogen-bond donors (Lipinski definition) is 1. The molecule has 0 fully saturated rings. The molecule has 0 bridgehead atoms. The van der Waals surface area contributed by atoms with Crippen molar-refractivity contribution in [2.24, 2.45) is 0 Å². The van der Waals surface area contributed by atoms with E-state index in [0.29, 0.717) is 6.42 Å². The summed E-state index contributed by atoms with van der Waals surface area (Å²) in [6, 6.07) is 0. The van der Waals surface area contributed by atoms with Crippen LogP contribution in [0.3, 0.4) is 0 Å². The zero-order chi connectivity index (χ0) is 21.3. The van der Waals surface area contributed by atoms with Crippen molar-refractivity contribution in [3.8, 4) is 0 Å². The van der Waals surface area contributed by atoms with E-state index in [1.54, 1.807) is 0 Å². The van der Waals surface area contributed by atoms with E-state index < -0.39 is 0 Å². The van der Waals surface area contributed by atoms with E-state index in [9.17, 15) is 4.79 Å². The Labute approximate surface area is 190 Å². The molecule has 0 amide bonds. The summed E-state index contributed by atoms with van der Waals surface area (Å²) < 4.78 is 0. The van der Waals surface area contributed by atoms with Gasteiger partial charge in [-0.25, -0.2) is 0 Å². The third-order valence-electron chi connectivity index (χ3n) is 6.24. The third kappa shape index (κ3) is 28.0. The van der Waals surface area contributed by atoms with Gasteiger partial charge in [0.2, 0.25) is 0 Å². The molecule has 0 saturated heterocycles. The molecule has 1 nitrogen and oxygen atoms in total. The average Bonchev–Trinajstić information content (AvgIpc) is 2.71. The Morgan fingerprint density at radius 3 is 0.828 bits per heavy atom. The van der Waals surface area contributed by atoms with E-state index >= 15 is 0 Å². The number of thiol groups is 1. The maximum absolute atomic E-state index is 10.7. The first kappa shape index (κ1) is 29.0. The van der Waals surface area contributed by atoms with Gasteiger partial charge in [0.05, 0.1) is 0 Å². The van der Waals surface area contributed by atoms with Gasteiger partial charge in [-0.1, -0.05) is 155 Å². The van der Waals surface area contributed by atoms with Crippen LogP contribution in [0.25, 0.3) is 0 Å². The first-order valence-corrected chi connectivity index (χ1v) is 13.9. The van der Waals surface area contributed by atoms with E-state index in [4.69, 9.17) is 0 Å². The number of unbranched alkanes of at least 4 members (excludes halogenated alkanes) is 23. The Balaban J connectivity index is 2.99. The van der Waals surface area contributed by atoms with Gasteiger partial charge in [-0.3, -0.25) is 4.79 Å². The monoisotopic (exact) mass is 426 g/mol. The standard InChI is InChI=1S/C27H54OS/c1-2-3-4-5-6-7-8-9-10-11-12-13-14-15-16-17-18-19-20-21-22-23-24-25-26-27(28)29/h2-26H2,1H3,(H,28,29). The van der Waals surface area contributed by atoms with Crippen LogP contribution in [0.4, 0.5) is 0 Å². The van der Waals surface area contributed by atoms with E-state index in [1.165, 1.54) is 148 Å². The summed E-state index contributed by atoms with van der Waals surface area (Å²) >= 11 is 3.81. The van der Waals surface area contributed by atoms with Crippen LogP contribution in [-0.2, 0) is 4.79 Å². The SMILES string of the molecule is CCCCCCCCCCCCCCCCCCCCCCCCCCC(=O)S. The third-order valence-corrected chi connectivity index (χ3v) is 6.47. The van der Waals surface area contributed by atoms with Crippen molar-refractivity contribution in [3.05, 3.63) is 0 Å². The maximum Gasteiger partial charge on any atom is 0.185 e. The van der Waals surface area contributed by atoms with Gasteiger partial charge in [-0.05, 0) is 6.42 Å². The molecule has 0 heterocycles. The molecule has 0 atom stereocenters. The molecule has 0 aromatic heterocycles. The van der Waals surface area contributed by atoms with Gasteiger partial charge < -0.3 is 0 Å². The van der Waals surface area contributed by atoms with Crippen molar-refractivity contribution in [1.29, 1.82) is 0 Å². The zero-order valence-electron chi connectivity index (χ0n) is 20.0. The highest BCUT2D eigenvalue weighted by molar-refractivity contribution is 7.96. The molecule has 2 heteroatoms. The quantitative estimate of drug-likeness (QED) is 0.113. The fourth-order valence-electron chi connectivity index (χ4n) is 4.24. The number of carbonyl (C=O) groups is 1. The summed E-state index contributed by atoms with van der Waals surface area (Å²) in [7, 11) is 0. The molecule has 0 aromatic rings. The number of carbonyl (C=O) groups excluding carboxylic acids is 1. The molecule has 0 spiro atoms. The Kier molecular flexibility index (Phi) is 26.1. The largest absolute Gasteiger partial charge is 0.288 e. The Bertz CT molecular complexity index is 316. The molecular formula is C27H54OS. The summed E-state index contributed by atoms with van der Waals surface area (Å²) in [5.41, 5.74) is 0. The predicted molar refractivity (Wildman–Crippen MR) is 135 cm³/mol. The van der Waals surface area contributed by atoms with Gasteiger partial charge in [0, 0.05) is 6.42 Å². The highest BCUT2D eigenvalue weighted by Gasteiger charge is 1.97. The number of hydrogen-bond acceptors (Lipinski definition) is 1. The summed E-state index contributed by atoms with van der Waals surface area (Å²) in [4.78, 5) is 10.7. The molecule has 29 heavy (non-hydrogen) atoms. The van der Waals surface area contributed by atoms with E-state index in [-0.39, 0.29) is 5.12 Å². The lowest BCUT2D eigenvalue weighted by Crippen LogP contribution is -1.87. The second-order valence-electron chi connectivity index (χ2n) is 9.28. The summed E-state index contributed by atoms with van der Waals surface area (Å²) in [6.45, 7) is 2.30. The van der Waals surface area contributed by atoms with Crippen LogP contribution < -0.4 is 0 Å². The second-order valence-corrected chi connectivity index (χ2v) is 9.77. The van der Waals surface area contributed by atoms with Gasteiger partial charge in [0.1, 0.15) is 0 Å². The first-order chi connectivity index (χ1) is 14.3. The lowest BCUT2D eigenvalue weighted by atomic mass is 10.0. The normalized spacial score (nSPS) is 11.2. The Morgan fingerprint density at radius 1 is 0.414 bits per heavy atom. The van der Waals surface area contributed by atoms with Crippen LogP contribution >= 0.6 is 12.6 Å². The summed E-state index contributed by atoms with van der Waals surface area (Å²) in [5, 5.41) is 0.0452. The fourth-order valence-corrected chi connectivity index (χ4v) is 4.40. The minimum Gasteiger partial charge on any atom is -0.288 e. The van der Waals surface area contributed by atoms with Crippen LogP contribution in [0.5, 0.6) is 0 Å². The Morgan fingerprint density at radius 2 is 0.621 bits per heavy atom. The molecule has 0 N–H and O–H groups in total. The van der Waals surface area contributed by atoms with E-state index in [0.717, 1.165) is 6.42 Å². The average molecular weight is 427 g/mol. The van der Waals surface area contributed by atoms with Crippen molar-refractivity contribution in [2.75, 3.05) is 0 Å². The lowest BCUT2D eigenvalue weighted by molar-refractivity contribution is -0.110. The highest BCUT2D eigenvalue weighted by Crippen LogP contribution is 2.15. The predicted octanol–water partition coefficient (Wildman–Crippen LogP) is 10.2. The van der Waals surface area contributed by atoms with E-state index in [1.807, 2.05) is 0 Å². The molecule has 174 valence electrons. The molecule has 0 aliphatic carbocycles. The molecule has 0 rings (SSSR count). The molecule has 0 unspecified atom stereocenters. The fraction of sp³-hybridized carbons (Fsp3) is 0.963. The van der Waals surface area contributed by atoms with Gasteiger partial charge >= 0.3 is 0 Å². The molecule has 0 aliphatic heterocycles. The van der Waals surface area contributed by atoms with Gasteiger partial charge in [0.25, 0.3) is 0 Å². The van der Waals surface area contributed by atoms with Crippen LogP contribution in [0, 0.1) is 0 Å². The molecule has 0 saturated carbocycles. The smallest absolute Gasteiger partial charge is 0.185 e. The molecular weight excluding hydrogens is 372 g/mol. The summed E-state index contributed by atoms with van der Waals surface area (Å²) in [6.07, 6.45) is 34.5. The van der Waals surface area contributed by atoms with Crippen molar-refractivity contribution < 1.29 is 4.79 Å². The van der Waals surface area contributed by atoms with Crippen molar-refractivity contribution in [2.45, 2.75) is 167 Å². The van der Waals surface area contributed by atoms with Crippen LogP contribution in [0.1, 0.15) is 167 Å². The van der Waals surface area contributed by atoms with Crippen molar-refractivity contribution in [3.63, 3.8) is 0 Å². The molecule has 0 radical (unpaired) electrons. The second kappa shape index (κ2) is 26.1. The van der Waals surface area contributed by atoms with Gasteiger partial charge in [-0.2, -0.15) is 0 Å². The minimum atomic E-state index is 0.0452. The first-order valence-electron chi connectivity index (χ1n) is 13.5. The minimum absolute atomic E-state index is 0.0452. The topological polar surface area (TPSA) is 17.1 Å². The maximum atomic E-state index is 10.7. The number of rotatable bonds is 25. The Hall–Kier alpha value is 0.0200. The lowest BCUT2D eigenvalue weighted by Gasteiger charge is -2.04. The molecule has 0 aromatic carbocycles. The van der Waals surface area contributed by atoms with Crippen molar-refractivity contribution >= 4 is 17.7 Å². The van der Waals surface area contributed by atoms with Gasteiger partial charge in [0.15, 0.2) is 5.12 Å². The molecule has 0 aliphatic rings. The van der Waals surface area contributed by atoms with Crippen LogP contribution in [-0.4, -0.2) is 5.12 Å².